The van der Waals surface area contributed by atoms with Crippen LogP contribution in [0.1, 0.15) is 11.4 Å². The Morgan fingerprint density at radius 3 is 2.65 bits per heavy atom. The monoisotopic (exact) mass is 279 g/mol. The van der Waals surface area contributed by atoms with Gasteiger partial charge in [0.05, 0.1) is 0 Å². The van der Waals surface area contributed by atoms with Gasteiger partial charge in [-0.05, 0) is 26.9 Å². The Hall–Kier alpha value is -0.770. The number of aryl methyl sites for hydroxylation is 1. The van der Waals surface area contributed by atoms with Crippen LogP contribution < -0.4 is 10.0 Å². The van der Waals surface area contributed by atoms with Crippen LogP contribution in [0, 0.1) is 6.92 Å². The lowest BCUT2D eigenvalue weighted by Gasteiger charge is -2.16. The first-order chi connectivity index (χ1) is 7.95. The Morgan fingerprint density at radius 1 is 1.41 bits per heavy atom. The van der Waals surface area contributed by atoms with E-state index in [9.17, 15) is 8.42 Å². The first-order valence-corrected chi connectivity index (χ1v) is 7.40. The molecule has 0 fully saturated rings. The van der Waals surface area contributed by atoms with Crippen molar-refractivity contribution >= 4 is 26.7 Å². The molecule has 1 aromatic rings. The van der Waals surface area contributed by atoms with Crippen molar-refractivity contribution in [3.63, 3.8) is 0 Å². The van der Waals surface area contributed by atoms with E-state index >= 15 is 0 Å². The van der Waals surface area contributed by atoms with E-state index in [2.05, 4.69) is 20.2 Å². The van der Waals surface area contributed by atoms with Gasteiger partial charge in [-0.25, -0.2) is 4.72 Å². The number of anilines is 1. The molecule has 0 amide bonds. The van der Waals surface area contributed by atoms with Gasteiger partial charge in [0.1, 0.15) is 5.01 Å². The summed E-state index contributed by atoms with van der Waals surface area (Å²) in [6, 6.07) is 0. The fraction of sp³-hybridized carbons (Fsp3) is 0.750. The van der Waals surface area contributed by atoms with Crippen LogP contribution in [0.4, 0.5) is 5.13 Å². The smallest absolute Gasteiger partial charge is 0.303 e. The van der Waals surface area contributed by atoms with Crippen LogP contribution in [-0.4, -0.2) is 50.1 Å². The van der Waals surface area contributed by atoms with Gasteiger partial charge in [0.25, 0.3) is 0 Å². The van der Waals surface area contributed by atoms with Crippen LogP contribution in [0.2, 0.25) is 0 Å². The SMILES string of the molecule is CNCCCN(C)S(=O)(=O)Nc1nnc(C)s1. The van der Waals surface area contributed by atoms with Gasteiger partial charge in [0.15, 0.2) is 0 Å². The van der Waals surface area contributed by atoms with E-state index in [-0.39, 0.29) is 0 Å². The van der Waals surface area contributed by atoms with Crippen LogP contribution in [-0.2, 0) is 10.2 Å². The lowest BCUT2D eigenvalue weighted by molar-refractivity contribution is 0.462. The molecule has 1 rings (SSSR count). The van der Waals surface area contributed by atoms with Crippen molar-refractivity contribution in [3.8, 4) is 0 Å². The quantitative estimate of drug-likeness (QED) is 0.688. The normalized spacial score (nSPS) is 12.0. The summed E-state index contributed by atoms with van der Waals surface area (Å²) in [5.41, 5.74) is 0. The molecule has 17 heavy (non-hydrogen) atoms. The molecule has 2 N–H and O–H groups in total. The molecule has 0 bridgehead atoms. The number of hydrogen-bond donors (Lipinski definition) is 2. The van der Waals surface area contributed by atoms with E-state index in [1.165, 1.54) is 22.7 Å². The molecule has 0 aliphatic carbocycles. The molecule has 0 aliphatic heterocycles. The second-order valence-electron chi connectivity index (χ2n) is 3.51. The van der Waals surface area contributed by atoms with Crippen molar-refractivity contribution in [2.24, 2.45) is 0 Å². The van der Waals surface area contributed by atoms with Crippen LogP contribution in [0.3, 0.4) is 0 Å². The van der Waals surface area contributed by atoms with Crippen molar-refractivity contribution in [1.82, 2.24) is 19.8 Å². The fourth-order valence-corrected chi connectivity index (χ4v) is 2.84. The Bertz CT molecular complexity index is 445. The molecule has 1 aromatic heterocycles. The summed E-state index contributed by atoms with van der Waals surface area (Å²) in [7, 11) is -0.153. The maximum absolute atomic E-state index is 11.8. The predicted octanol–water partition coefficient (Wildman–Crippen LogP) is 0.0445. The first-order valence-electron chi connectivity index (χ1n) is 5.14. The van der Waals surface area contributed by atoms with E-state index in [1.54, 1.807) is 6.92 Å². The third-order valence-corrected chi connectivity index (χ3v) is 4.39. The summed E-state index contributed by atoms with van der Waals surface area (Å²) in [5, 5.41) is 11.5. The zero-order chi connectivity index (χ0) is 12.9. The summed E-state index contributed by atoms with van der Waals surface area (Å²) in [6.45, 7) is 3.00. The highest BCUT2D eigenvalue weighted by molar-refractivity contribution is 7.90. The minimum absolute atomic E-state index is 0.294. The highest BCUT2D eigenvalue weighted by Gasteiger charge is 2.18. The zero-order valence-electron chi connectivity index (χ0n) is 10.1. The second-order valence-corrected chi connectivity index (χ2v) is 6.47. The van der Waals surface area contributed by atoms with E-state index in [0.717, 1.165) is 18.0 Å². The third-order valence-electron chi connectivity index (χ3n) is 2.05. The molecule has 0 spiro atoms. The molecule has 1 heterocycles. The van der Waals surface area contributed by atoms with E-state index < -0.39 is 10.2 Å². The predicted molar refractivity (Wildman–Crippen MR) is 68.4 cm³/mol. The molecule has 0 radical (unpaired) electrons. The maximum atomic E-state index is 11.8. The highest BCUT2D eigenvalue weighted by Crippen LogP contribution is 2.16. The van der Waals surface area contributed by atoms with Gasteiger partial charge >= 0.3 is 10.2 Å². The van der Waals surface area contributed by atoms with Gasteiger partial charge in [-0.3, -0.25) is 0 Å². The van der Waals surface area contributed by atoms with Crippen molar-refractivity contribution in [3.05, 3.63) is 5.01 Å². The largest absolute Gasteiger partial charge is 0.320 e. The summed E-state index contributed by atoms with van der Waals surface area (Å²) in [5.74, 6) is 0. The van der Waals surface area contributed by atoms with Gasteiger partial charge in [-0.2, -0.15) is 12.7 Å². The molecular formula is C8H17N5O2S2. The molecule has 0 saturated heterocycles. The van der Waals surface area contributed by atoms with Crippen LogP contribution in [0.25, 0.3) is 0 Å². The summed E-state index contributed by atoms with van der Waals surface area (Å²) < 4.78 is 27.3. The number of hydrogen-bond acceptors (Lipinski definition) is 6. The molecule has 98 valence electrons. The summed E-state index contributed by atoms with van der Waals surface area (Å²) in [4.78, 5) is 0. The third kappa shape index (κ3) is 4.54. The fourth-order valence-electron chi connectivity index (χ4n) is 1.12. The molecule has 0 unspecified atom stereocenters. The van der Waals surface area contributed by atoms with Crippen molar-refractivity contribution < 1.29 is 8.42 Å². The van der Waals surface area contributed by atoms with Gasteiger partial charge in [-0.1, -0.05) is 11.3 Å². The Labute approximate surface area is 105 Å². The molecule has 0 atom stereocenters. The lowest BCUT2D eigenvalue weighted by atomic mass is 10.4. The number of aromatic nitrogens is 2. The average molecular weight is 279 g/mol. The van der Waals surface area contributed by atoms with Crippen LogP contribution in [0.5, 0.6) is 0 Å². The van der Waals surface area contributed by atoms with E-state index in [1.807, 2.05) is 7.05 Å². The minimum atomic E-state index is -3.52. The standard InChI is InChI=1S/C8H17N5O2S2/c1-7-10-11-8(16-7)12-17(14,15)13(3)6-4-5-9-2/h9H,4-6H2,1-3H3,(H,11,12). The van der Waals surface area contributed by atoms with E-state index in [0.29, 0.717) is 11.7 Å². The van der Waals surface area contributed by atoms with Crippen molar-refractivity contribution in [2.45, 2.75) is 13.3 Å². The number of rotatable bonds is 7. The molecule has 9 heteroatoms. The summed E-state index contributed by atoms with van der Waals surface area (Å²) >= 11 is 1.21. The average Bonchev–Trinajstić information content (AvgIpc) is 2.63. The number of nitrogens with one attached hydrogen (secondary N) is 2. The van der Waals surface area contributed by atoms with Gasteiger partial charge in [-0.15, -0.1) is 10.2 Å². The highest BCUT2D eigenvalue weighted by atomic mass is 32.2. The summed E-state index contributed by atoms with van der Waals surface area (Å²) in [6.07, 6.45) is 0.753. The second kappa shape index (κ2) is 6.24. The first kappa shape index (κ1) is 14.3. The van der Waals surface area contributed by atoms with Crippen molar-refractivity contribution in [1.29, 1.82) is 0 Å². The Morgan fingerprint density at radius 2 is 2.12 bits per heavy atom. The Kier molecular flexibility index (Phi) is 5.25. The topological polar surface area (TPSA) is 87.2 Å². The van der Waals surface area contributed by atoms with Gasteiger partial charge < -0.3 is 5.32 Å². The van der Waals surface area contributed by atoms with Gasteiger partial charge in [0, 0.05) is 13.6 Å². The van der Waals surface area contributed by atoms with Crippen LogP contribution in [0.15, 0.2) is 0 Å². The zero-order valence-corrected chi connectivity index (χ0v) is 11.7. The number of nitrogens with zero attached hydrogens (tertiary/aromatic N) is 3. The Balaban J connectivity index is 2.55. The molecule has 0 aromatic carbocycles. The molecule has 7 nitrogen and oxygen atoms in total. The van der Waals surface area contributed by atoms with Crippen LogP contribution >= 0.6 is 11.3 Å². The minimum Gasteiger partial charge on any atom is -0.320 e. The lowest BCUT2D eigenvalue weighted by Crippen LogP contribution is -2.34. The van der Waals surface area contributed by atoms with Crippen molar-refractivity contribution in [2.75, 3.05) is 31.9 Å². The van der Waals surface area contributed by atoms with E-state index in [4.69, 9.17) is 0 Å². The molecule has 0 saturated carbocycles. The maximum Gasteiger partial charge on any atom is 0.303 e. The molecule has 0 aliphatic rings. The van der Waals surface area contributed by atoms with Gasteiger partial charge in [0.2, 0.25) is 5.13 Å². The molecular weight excluding hydrogens is 262 g/mol.